The number of aromatic nitrogens is 1. The zero-order valence-corrected chi connectivity index (χ0v) is 18.5. The fraction of sp³-hybridized carbons (Fsp3) is 0.261. The molecular weight excluding hydrogens is 453 g/mol. The van der Waals surface area contributed by atoms with Crippen LogP contribution in [-0.4, -0.2) is 34.9 Å². The molecule has 3 aromatic rings. The van der Waals surface area contributed by atoms with Crippen molar-refractivity contribution in [3.8, 4) is 0 Å². The van der Waals surface area contributed by atoms with Crippen molar-refractivity contribution < 1.29 is 22.8 Å². The van der Waals surface area contributed by atoms with E-state index >= 15 is 0 Å². The number of aryl methyl sites for hydroxylation is 1. The molecule has 6 nitrogen and oxygen atoms in total. The minimum Gasteiger partial charge on any atom is -0.347 e. The van der Waals surface area contributed by atoms with Gasteiger partial charge in [-0.2, -0.15) is 13.2 Å². The van der Waals surface area contributed by atoms with Gasteiger partial charge in [0.05, 0.1) is 11.3 Å². The van der Waals surface area contributed by atoms with Gasteiger partial charge in [0.1, 0.15) is 4.88 Å². The van der Waals surface area contributed by atoms with Crippen molar-refractivity contribution in [1.29, 1.82) is 0 Å². The average molecular weight is 475 g/mol. The number of nitrogens with zero attached hydrogens (tertiary/aromatic N) is 3. The highest BCUT2D eigenvalue weighted by Crippen LogP contribution is 2.31. The van der Waals surface area contributed by atoms with Gasteiger partial charge in [0.15, 0.2) is 5.13 Å². The summed E-state index contributed by atoms with van der Waals surface area (Å²) in [7, 11) is 0. The minimum absolute atomic E-state index is 0.197. The first-order valence-corrected chi connectivity index (χ1v) is 11.1. The molecular formula is C23H21F3N4O2S. The third-order valence-electron chi connectivity index (χ3n) is 5.27. The Hall–Kier alpha value is -3.40. The molecule has 3 amide bonds. The van der Waals surface area contributed by atoms with Gasteiger partial charge in [-0.3, -0.25) is 9.69 Å². The van der Waals surface area contributed by atoms with Crippen molar-refractivity contribution in [3.63, 3.8) is 0 Å². The predicted octanol–water partition coefficient (Wildman–Crippen LogP) is 4.84. The van der Waals surface area contributed by atoms with Gasteiger partial charge in [0.25, 0.3) is 5.91 Å². The molecule has 172 valence electrons. The molecule has 1 aliphatic rings. The molecule has 2 heterocycles. The molecule has 4 rings (SSSR count). The lowest BCUT2D eigenvalue weighted by atomic mass is 10.1. The van der Waals surface area contributed by atoms with Crippen LogP contribution in [0, 0.1) is 6.92 Å². The highest BCUT2D eigenvalue weighted by atomic mass is 32.1. The summed E-state index contributed by atoms with van der Waals surface area (Å²) in [4.78, 5) is 33.4. The molecule has 1 aromatic heterocycles. The van der Waals surface area contributed by atoms with Crippen molar-refractivity contribution in [3.05, 3.63) is 81.9 Å². The standard InChI is InChI=1S/C23H21F3N4O2S/c1-15-19(20(31)27-13-16-5-3-2-4-6-16)33-21(28-15)30-12-11-29(22(30)32)14-17-7-9-18(10-8-17)23(24,25)26/h2-10H,11-14H2,1H3,(H,27,31). The number of nitrogens with one attached hydrogen (secondary N) is 1. The summed E-state index contributed by atoms with van der Waals surface area (Å²) in [5, 5.41) is 3.29. The molecule has 0 atom stereocenters. The van der Waals surface area contributed by atoms with E-state index < -0.39 is 11.7 Å². The Kier molecular flexibility index (Phi) is 6.37. The van der Waals surface area contributed by atoms with Gasteiger partial charge in [-0.05, 0) is 30.2 Å². The maximum absolute atomic E-state index is 12.9. The molecule has 1 saturated heterocycles. The Morgan fingerprint density at radius 2 is 1.76 bits per heavy atom. The largest absolute Gasteiger partial charge is 0.416 e. The van der Waals surface area contributed by atoms with Crippen LogP contribution >= 0.6 is 11.3 Å². The molecule has 2 aromatic carbocycles. The number of hydrogen-bond acceptors (Lipinski definition) is 4. The lowest BCUT2D eigenvalue weighted by Crippen LogP contribution is -2.31. The number of thiazole rings is 1. The SMILES string of the molecule is Cc1nc(N2CCN(Cc3ccc(C(F)(F)F)cc3)C2=O)sc1C(=O)NCc1ccccc1. The minimum atomic E-state index is -4.40. The second-order valence-corrected chi connectivity index (χ2v) is 8.61. The molecule has 0 bridgehead atoms. The first kappa shape index (κ1) is 22.8. The fourth-order valence-electron chi connectivity index (χ4n) is 3.49. The number of carbonyl (C=O) groups is 2. The molecule has 0 spiro atoms. The zero-order valence-electron chi connectivity index (χ0n) is 17.7. The van der Waals surface area contributed by atoms with Crippen molar-refractivity contribution >= 4 is 28.4 Å². The van der Waals surface area contributed by atoms with Crippen LogP contribution in [0.15, 0.2) is 54.6 Å². The van der Waals surface area contributed by atoms with E-state index in [0.29, 0.717) is 40.9 Å². The van der Waals surface area contributed by atoms with E-state index in [1.807, 2.05) is 30.3 Å². The number of benzene rings is 2. The third kappa shape index (κ3) is 5.16. The normalized spacial score (nSPS) is 14.1. The average Bonchev–Trinajstić information content (AvgIpc) is 3.35. The molecule has 0 saturated carbocycles. The number of anilines is 1. The van der Waals surface area contributed by atoms with Gasteiger partial charge < -0.3 is 10.2 Å². The van der Waals surface area contributed by atoms with Crippen LogP contribution in [0.4, 0.5) is 23.1 Å². The maximum atomic E-state index is 12.9. The van der Waals surface area contributed by atoms with Crippen molar-refractivity contribution in [2.45, 2.75) is 26.2 Å². The molecule has 1 N–H and O–H groups in total. The molecule has 1 fully saturated rings. The van der Waals surface area contributed by atoms with Crippen molar-refractivity contribution in [2.75, 3.05) is 18.0 Å². The van der Waals surface area contributed by atoms with Crippen LogP contribution in [0.25, 0.3) is 0 Å². The number of halogens is 3. The second-order valence-electron chi connectivity index (χ2n) is 7.63. The van der Waals surface area contributed by atoms with Crippen molar-refractivity contribution in [2.24, 2.45) is 0 Å². The summed E-state index contributed by atoms with van der Waals surface area (Å²) in [6.45, 7) is 3.10. The van der Waals surface area contributed by atoms with Crippen LogP contribution in [0.5, 0.6) is 0 Å². The monoisotopic (exact) mass is 474 g/mol. The quantitative estimate of drug-likeness (QED) is 0.556. The molecule has 0 aliphatic carbocycles. The first-order valence-electron chi connectivity index (χ1n) is 10.2. The number of carbonyl (C=O) groups excluding carboxylic acids is 2. The summed E-state index contributed by atoms with van der Waals surface area (Å²) in [6.07, 6.45) is -4.40. The Bertz CT molecular complexity index is 1150. The highest BCUT2D eigenvalue weighted by Gasteiger charge is 2.33. The van der Waals surface area contributed by atoms with E-state index in [0.717, 1.165) is 29.0 Å². The molecule has 0 radical (unpaired) electrons. The van der Waals surface area contributed by atoms with Gasteiger partial charge in [0, 0.05) is 26.2 Å². The van der Waals surface area contributed by atoms with Crippen LogP contribution in [0.2, 0.25) is 0 Å². The number of amides is 3. The zero-order chi connectivity index (χ0) is 23.6. The van der Waals surface area contributed by atoms with Gasteiger partial charge in [-0.25, -0.2) is 9.78 Å². The second kappa shape index (κ2) is 9.22. The lowest BCUT2D eigenvalue weighted by Gasteiger charge is -2.17. The fourth-order valence-corrected chi connectivity index (χ4v) is 4.50. The molecule has 1 aliphatic heterocycles. The van der Waals surface area contributed by atoms with Crippen LogP contribution in [-0.2, 0) is 19.3 Å². The van der Waals surface area contributed by atoms with Gasteiger partial charge >= 0.3 is 12.2 Å². The van der Waals surface area contributed by atoms with Gasteiger partial charge in [-0.1, -0.05) is 53.8 Å². The van der Waals surface area contributed by atoms with Crippen LogP contribution in [0.3, 0.4) is 0 Å². The topological polar surface area (TPSA) is 65.5 Å². The summed E-state index contributed by atoms with van der Waals surface area (Å²) in [5.74, 6) is -0.256. The molecule has 33 heavy (non-hydrogen) atoms. The maximum Gasteiger partial charge on any atom is 0.416 e. The van der Waals surface area contributed by atoms with E-state index in [1.54, 1.807) is 11.8 Å². The molecule has 10 heteroatoms. The van der Waals surface area contributed by atoms with Crippen LogP contribution in [0.1, 0.15) is 32.1 Å². The van der Waals surface area contributed by atoms with Gasteiger partial charge in [0.2, 0.25) is 0 Å². The summed E-state index contributed by atoms with van der Waals surface area (Å²) in [5.41, 5.74) is 1.39. The lowest BCUT2D eigenvalue weighted by molar-refractivity contribution is -0.137. The van der Waals surface area contributed by atoms with E-state index in [9.17, 15) is 22.8 Å². The molecule has 0 unspecified atom stereocenters. The Labute approximate surface area is 192 Å². The smallest absolute Gasteiger partial charge is 0.347 e. The number of alkyl halides is 3. The van der Waals surface area contributed by atoms with E-state index in [1.165, 1.54) is 17.0 Å². The predicted molar refractivity (Wildman–Crippen MR) is 119 cm³/mol. The van der Waals surface area contributed by atoms with Gasteiger partial charge in [-0.15, -0.1) is 0 Å². The van der Waals surface area contributed by atoms with E-state index in [4.69, 9.17) is 0 Å². The third-order valence-corrected chi connectivity index (χ3v) is 6.45. The van der Waals surface area contributed by atoms with E-state index in [2.05, 4.69) is 10.3 Å². The van der Waals surface area contributed by atoms with E-state index in [-0.39, 0.29) is 18.5 Å². The number of hydrogen-bond donors (Lipinski definition) is 1. The highest BCUT2D eigenvalue weighted by molar-refractivity contribution is 7.17. The summed E-state index contributed by atoms with van der Waals surface area (Å²) < 4.78 is 38.2. The summed E-state index contributed by atoms with van der Waals surface area (Å²) >= 11 is 1.15. The number of urea groups is 1. The van der Waals surface area contributed by atoms with Crippen molar-refractivity contribution in [1.82, 2.24) is 15.2 Å². The number of rotatable bonds is 6. The van der Waals surface area contributed by atoms with Crippen LogP contribution < -0.4 is 10.2 Å². The Morgan fingerprint density at radius 3 is 2.42 bits per heavy atom. The Morgan fingerprint density at radius 1 is 1.06 bits per heavy atom. The summed E-state index contributed by atoms with van der Waals surface area (Å²) in [6, 6.07) is 14.0. The Balaban J connectivity index is 1.40. The first-order chi connectivity index (χ1) is 15.7.